The molecule has 0 unspecified atom stereocenters. The van der Waals surface area contributed by atoms with Gasteiger partial charge in [-0.25, -0.2) is 0 Å². The Kier molecular flexibility index (Phi) is 2.85. The third kappa shape index (κ3) is 8.59. The Morgan fingerprint density at radius 3 is 1.67 bits per heavy atom. The molecule has 0 aromatic heterocycles. The molecule has 6 heteroatoms. The molecule has 0 aliphatic heterocycles. The summed E-state index contributed by atoms with van der Waals surface area (Å²) in [5.74, 6) is 0. The van der Waals surface area contributed by atoms with Crippen molar-refractivity contribution in [1.29, 1.82) is 0 Å². The van der Waals surface area contributed by atoms with Gasteiger partial charge >= 0.3 is 61.4 Å². The van der Waals surface area contributed by atoms with E-state index in [4.69, 9.17) is 10.1 Å². The van der Waals surface area contributed by atoms with E-state index in [9.17, 15) is 7.67 Å². The van der Waals surface area contributed by atoms with Gasteiger partial charge in [0, 0.05) is 0 Å². The van der Waals surface area contributed by atoms with Gasteiger partial charge in [0.15, 0.2) is 0 Å². The van der Waals surface area contributed by atoms with Crippen molar-refractivity contribution in [2.24, 2.45) is 0 Å². The van der Waals surface area contributed by atoms with Crippen LogP contribution in [-0.2, 0) is 11.2 Å². The Morgan fingerprint density at radius 2 is 1.67 bits per heavy atom. The molecule has 0 aliphatic carbocycles. The zero-order valence-corrected chi connectivity index (χ0v) is 8.98. The van der Waals surface area contributed by atoms with E-state index in [2.05, 4.69) is 3.51 Å². The Bertz CT molecular complexity index is 180. The molecule has 0 radical (unpaired) electrons. The fraction of sp³-hybridized carbons (Fsp3) is 1.00. The molecule has 0 atom stereocenters. The summed E-state index contributed by atoms with van der Waals surface area (Å²) in [4.78, 5) is 0. The first-order valence-electron chi connectivity index (χ1n) is 2.36. The van der Waals surface area contributed by atoms with Crippen LogP contribution in [0.3, 0.4) is 0 Å². The van der Waals surface area contributed by atoms with E-state index in [1.807, 2.05) is 0 Å². The topological polar surface area (TPSA) is 43.4 Å². The van der Waals surface area contributed by atoms with Gasteiger partial charge < -0.3 is 0 Å². The summed E-state index contributed by atoms with van der Waals surface area (Å²) in [5, 5.41) is 0. The maximum absolute atomic E-state index is 10.3. The summed E-state index contributed by atoms with van der Waals surface area (Å²) in [6.07, 6.45) is 0. The van der Waals surface area contributed by atoms with Gasteiger partial charge in [-0.3, -0.25) is 0 Å². The first kappa shape index (κ1) is 9.59. The molecule has 0 fully saturated rings. The molecule has 0 bridgehead atoms. The van der Waals surface area contributed by atoms with Crippen molar-refractivity contribution in [3.63, 3.8) is 0 Å². The van der Waals surface area contributed by atoms with E-state index in [1.54, 1.807) is 19.6 Å². The first-order chi connectivity index (χ1) is 3.71. The van der Waals surface area contributed by atoms with Crippen molar-refractivity contribution in [3.8, 4) is 0 Å². The maximum atomic E-state index is 10.3. The van der Waals surface area contributed by atoms with E-state index >= 15 is 0 Å². The van der Waals surface area contributed by atoms with Crippen LogP contribution in [0.1, 0.15) is 0 Å². The molecule has 0 aliphatic rings. The minimum absolute atomic E-state index is 1.76. The predicted molar refractivity (Wildman–Crippen MR) is 37.4 cm³/mol. The van der Waals surface area contributed by atoms with E-state index in [-0.39, 0.29) is 0 Å². The molecular weight excluding hydrogens is 227 g/mol. The normalized spacial score (nSPS) is 13.8. The van der Waals surface area contributed by atoms with E-state index in [1.165, 1.54) is 0 Å². The van der Waals surface area contributed by atoms with Gasteiger partial charge in [0.05, 0.1) is 0 Å². The minimum atomic E-state index is -4.42. The van der Waals surface area contributed by atoms with Crippen molar-refractivity contribution >= 4 is 30.5 Å². The van der Waals surface area contributed by atoms with Crippen LogP contribution in [0.15, 0.2) is 0 Å². The van der Waals surface area contributed by atoms with Crippen LogP contribution in [-0.4, -0.2) is 20.4 Å². The van der Waals surface area contributed by atoms with Gasteiger partial charge in [-0.05, 0) is 0 Å². The molecule has 0 N–H and O–H groups in total. The van der Waals surface area contributed by atoms with Gasteiger partial charge in [-0.1, -0.05) is 0 Å². The van der Waals surface area contributed by atoms with Gasteiger partial charge in [0.2, 0.25) is 0 Å². The number of rotatable bonds is 2. The number of hydrogen-bond donors (Lipinski definition) is 0. The summed E-state index contributed by atoms with van der Waals surface area (Å²) >= 11 is -4.42. The summed E-state index contributed by atoms with van der Waals surface area (Å²) in [5.41, 5.74) is 0. The van der Waals surface area contributed by atoms with E-state index in [0.717, 1.165) is 0 Å². The van der Waals surface area contributed by atoms with Gasteiger partial charge in [0.1, 0.15) is 0 Å². The molecule has 0 saturated heterocycles. The van der Waals surface area contributed by atoms with Crippen LogP contribution in [0.5, 0.6) is 0 Å². The third-order valence-corrected chi connectivity index (χ3v) is 6.43. The third-order valence-electron chi connectivity index (χ3n) is 0.350. The second kappa shape index (κ2) is 2.68. The molecule has 0 heterocycles. The van der Waals surface area contributed by atoms with Crippen molar-refractivity contribution in [2.75, 3.05) is 0 Å². The molecule has 0 saturated carbocycles. The standard InChI is InChI=1S/C3H9ClO3SeSi/c1-9(2,3)7-8(4,5)6/h1-3H3. The quantitative estimate of drug-likeness (QED) is 0.679. The van der Waals surface area contributed by atoms with Gasteiger partial charge in [-0.15, -0.1) is 0 Å². The number of halogens is 1. The average molecular weight is 236 g/mol. The van der Waals surface area contributed by atoms with Crippen LogP contribution in [0.2, 0.25) is 19.6 Å². The SMILES string of the molecule is C[Si](C)(C)O[Se](=O)(=O)Cl. The fourth-order valence-electron chi connectivity index (χ4n) is 0.299. The molecule has 0 amide bonds. The van der Waals surface area contributed by atoms with Crippen molar-refractivity contribution in [2.45, 2.75) is 19.6 Å². The van der Waals surface area contributed by atoms with E-state index < -0.39 is 20.4 Å². The molecule has 9 heavy (non-hydrogen) atoms. The van der Waals surface area contributed by atoms with Gasteiger partial charge in [0.25, 0.3) is 0 Å². The Hall–Kier alpha value is 0.586. The van der Waals surface area contributed by atoms with Gasteiger partial charge in [-0.2, -0.15) is 0 Å². The second-order valence-corrected chi connectivity index (χ2v) is 11.6. The monoisotopic (exact) mass is 236 g/mol. The zero-order chi connectivity index (χ0) is 7.71. The molecule has 0 aromatic carbocycles. The summed E-state index contributed by atoms with van der Waals surface area (Å²) in [7, 11) is 2.90. The summed E-state index contributed by atoms with van der Waals surface area (Å²) < 4.78 is 25.2. The molecule has 56 valence electrons. The molecule has 3 nitrogen and oxygen atoms in total. The summed E-state index contributed by atoms with van der Waals surface area (Å²) in [6, 6.07) is 0. The Labute approximate surface area is 61.7 Å². The fourth-order valence-corrected chi connectivity index (χ4v) is 7.60. The molecular formula is C3H9ClO3SeSi. The Morgan fingerprint density at radius 1 is 1.33 bits per heavy atom. The van der Waals surface area contributed by atoms with Crippen LogP contribution >= 0.6 is 10.1 Å². The van der Waals surface area contributed by atoms with Crippen LogP contribution in [0.25, 0.3) is 0 Å². The Balaban J connectivity index is 4.07. The van der Waals surface area contributed by atoms with Crippen molar-refractivity contribution in [3.05, 3.63) is 0 Å². The molecule has 0 rings (SSSR count). The van der Waals surface area contributed by atoms with E-state index in [0.29, 0.717) is 0 Å². The zero-order valence-electron chi connectivity index (χ0n) is 5.51. The van der Waals surface area contributed by atoms with Crippen molar-refractivity contribution in [1.82, 2.24) is 0 Å². The second-order valence-electron chi connectivity index (χ2n) is 2.59. The summed E-state index contributed by atoms with van der Waals surface area (Å²) in [6.45, 7) is 5.28. The molecule has 0 aromatic rings. The predicted octanol–water partition coefficient (Wildman–Crippen LogP) is 1.37. The number of hydrogen-bond acceptors (Lipinski definition) is 3. The van der Waals surface area contributed by atoms with Crippen LogP contribution < -0.4 is 0 Å². The van der Waals surface area contributed by atoms with Crippen molar-refractivity contribution < 1.29 is 11.2 Å². The first-order valence-corrected chi connectivity index (χ1v) is 10.1. The average Bonchev–Trinajstić information content (AvgIpc) is 1.14. The van der Waals surface area contributed by atoms with Crippen LogP contribution in [0.4, 0.5) is 0 Å². The van der Waals surface area contributed by atoms with Crippen LogP contribution in [0, 0.1) is 0 Å². The molecule has 0 spiro atoms.